The van der Waals surface area contributed by atoms with Crippen molar-refractivity contribution in [1.29, 1.82) is 0 Å². The Morgan fingerprint density at radius 3 is 2.57 bits per heavy atom. The molecule has 1 aliphatic heterocycles. The quantitative estimate of drug-likeness (QED) is 0.813. The average molecular weight is 314 g/mol. The zero-order valence-electron chi connectivity index (χ0n) is 12.8. The number of likely N-dealkylation sites (tertiary alicyclic amines) is 1. The molecule has 0 spiro atoms. The van der Waals surface area contributed by atoms with E-state index < -0.39 is 0 Å². The molecular formula is C17H18N2O4. The molecule has 0 atom stereocenters. The zero-order chi connectivity index (χ0) is 16.1. The van der Waals surface area contributed by atoms with Crippen molar-refractivity contribution >= 4 is 5.91 Å². The van der Waals surface area contributed by atoms with E-state index in [-0.39, 0.29) is 18.6 Å². The summed E-state index contributed by atoms with van der Waals surface area (Å²) in [5, 5.41) is 0. The minimum atomic E-state index is -0.0492. The highest BCUT2D eigenvalue weighted by Gasteiger charge is 2.32. The summed E-state index contributed by atoms with van der Waals surface area (Å²) in [6.07, 6.45) is 3.38. The van der Waals surface area contributed by atoms with Gasteiger partial charge in [-0.3, -0.25) is 9.78 Å². The van der Waals surface area contributed by atoms with E-state index in [1.807, 2.05) is 12.1 Å². The number of aromatic nitrogens is 1. The number of pyridine rings is 1. The van der Waals surface area contributed by atoms with E-state index in [4.69, 9.17) is 14.2 Å². The highest BCUT2D eigenvalue weighted by Crippen LogP contribution is 2.19. The van der Waals surface area contributed by atoms with Gasteiger partial charge in [-0.05, 0) is 36.4 Å². The van der Waals surface area contributed by atoms with Crippen molar-refractivity contribution < 1.29 is 19.0 Å². The monoisotopic (exact) mass is 314 g/mol. The van der Waals surface area contributed by atoms with Crippen LogP contribution in [0.5, 0.6) is 17.2 Å². The van der Waals surface area contributed by atoms with Gasteiger partial charge in [-0.15, -0.1) is 0 Å². The Bertz CT molecular complexity index is 639. The smallest absolute Gasteiger partial charge is 0.260 e. The summed E-state index contributed by atoms with van der Waals surface area (Å²) >= 11 is 0. The van der Waals surface area contributed by atoms with Gasteiger partial charge in [0.1, 0.15) is 23.4 Å². The van der Waals surface area contributed by atoms with Gasteiger partial charge in [0.2, 0.25) is 0 Å². The summed E-state index contributed by atoms with van der Waals surface area (Å²) in [7, 11) is 1.60. The number of methoxy groups -OCH3 is 1. The Morgan fingerprint density at radius 2 is 1.91 bits per heavy atom. The molecule has 0 aliphatic carbocycles. The van der Waals surface area contributed by atoms with Gasteiger partial charge in [0.25, 0.3) is 5.91 Å². The third-order valence-corrected chi connectivity index (χ3v) is 3.56. The van der Waals surface area contributed by atoms with Crippen LogP contribution in [-0.2, 0) is 4.79 Å². The molecule has 6 nitrogen and oxygen atoms in total. The topological polar surface area (TPSA) is 60.9 Å². The lowest BCUT2D eigenvalue weighted by molar-refractivity contribution is -0.142. The summed E-state index contributed by atoms with van der Waals surface area (Å²) in [6, 6.07) is 10.8. The van der Waals surface area contributed by atoms with Crippen LogP contribution in [0.4, 0.5) is 0 Å². The molecule has 120 valence electrons. The molecule has 1 aromatic heterocycles. The maximum atomic E-state index is 12.0. The summed E-state index contributed by atoms with van der Waals surface area (Å²) < 4.78 is 16.3. The fraction of sp³-hybridized carbons (Fsp3) is 0.294. The number of nitrogens with zero attached hydrogens (tertiary/aromatic N) is 2. The Balaban J connectivity index is 1.40. The highest BCUT2D eigenvalue weighted by molar-refractivity contribution is 5.78. The number of amides is 1. The van der Waals surface area contributed by atoms with E-state index in [0.717, 1.165) is 11.5 Å². The molecule has 1 saturated heterocycles. The number of benzene rings is 1. The SMILES string of the molecule is COc1ccc(OCC(=O)N2CC(Oc3cccnc3)C2)cc1. The van der Waals surface area contributed by atoms with Crippen molar-refractivity contribution in [3.8, 4) is 17.2 Å². The van der Waals surface area contributed by atoms with Crippen molar-refractivity contribution in [1.82, 2.24) is 9.88 Å². The average Bonchev–Trinajstić information content (AvgIpc) is 2.57. The van der Waals surface area contributed by atoms with E-state index in [0.29, 0.717) is 18.8 Å². The predicted octanol–water partition coefficient (Wildman–Crippen LogP) is 1.76. The number of ether oxygens (including phenoxy) is 3. The first kappa shape index (κ1) is 15.1. The van der Waals surface area contributed by atoms with Gasteiger partial charge in [0.15, 0.2) is 6.61 Å². The number of hydrogen-bond donors (Lipinski definition) is 0. The van der Waals surface area contributed by atoms with Crippen molar-refractivity contribution in [2.45, 2.75) is 6.10 Å². The van der Waals surface area contributed by atoms with Crippen LogP contribution < -0.4 is 14.2 Å². The Hall–Kier alpha value is -2.76. The van der Waals surface area contributed by atoms with Gasteiger partial charge in [0.05, 0.1) is 26.4 Å². The van der Waals surface area contributed by atoms with Crippen molar-refractivity contribution in [2.75, 3.05) is 26.8 Å². The maximum Gasteiger partial charge on any atom is 0.260 e. The molecule has 23 heavy (non-hydrogen) atoms. The first-order valence-corrected chi connectivity index (χ1v) is 7.36. The fourth-order valence-corrected chi connectivity index (χ4v) is 2.23. The molecule has 0 radical (unpaired) electrons. The summed E-state index contributed by atoms with van der Waals surface area (Å²) in [5.41, 5.74) is 0. The van der Waals surface area contributed by atoms with Crippen LogP contribution in [0.15, 0.2) is 48.8 Å². The van der Waals surface area contributed by atoms with E-state index >= 15 is 0 Å². The number of rotatable bonds is 6. The second kappa shape index (κ2) is 7.00. The van der Waals surface area contributed by atoms with Gasteiger partial charge in [-0.25, -0.2) is 0 Å². The first-order valence-electron chi connectivity index (χ1n) is 7.36. The predicted molar refractivity (Wildman–Crippen MR) is 83.7 cm³/mol. The molecule has 0 bridgehead atoms. The van der Waals surface area contributed by atoms with Crippen molar-refractivity contribution in [2.24, 2.45) is 0 Å². The van der Waals surface area contributed by atoms with E-state index in [1.165, 1.54) is 0 Å². The highest BCUT2D eigenvalue weighted by atomic mass is 16.5. The molecule has 0 N–H and O–H groups in total. The molecule has 1 aromatic carbocycles. The third kappa shape index (κ3) is 3.91. The van der Waals surface area contributed by atoms with E-state index in [9.17, 15) is 4.79 Å². The standard InChI is InChI=1S/C17H18N2O4/c1-21-13-4-6-14(7-5-13)22-12-17(20)19-10-16(11-19)23-15-3-2-8-18-9-15/h2-9,16H,10-12H2,1H3. The van der Waals surface area contributed by atoms with Crippen molar-refractivity contribution in [3.05, 3.63) is 48.8 Å². The van der Waals surface area contributed by atoms with E-state index in [2.05, 4.69) is 4.98 Å². The minimum absolute atomic E-state index is 0.0177. The van der Waals surface area contributed by atoms with Crippen molar-refractivity contribution in [3.63, 3.8) is 0 Å². The second-order valence-electron chi connectivity index (χ2n) is 5.19. The van der Waals surface area contributed by atoms with Crippen LogP contribution in [-0.4, -0.2) is 48.7 Å². The normalized spacial score (nSPS) is 14.0. The lowest BCUT2D eigenvalue weighted by Crippen LogP contribution is -2.57. The van der Waals surface area contributed by atoms with Gasteiger partial charge in [-0.1, -0.05) is 0 Å². The van der Waals surface area contributed by atoms with Crippen LogP contribution in [0.2, 0.25) is 0 Å². The molecule has 0 unspecified atom stereocenters. The Labute approximate surface area is 134 Å². The molecule has 0 saturated carbocycles. The Morgan fingerprint density at radius 1 is 1.17 bits per heavy atom. The minimum Gasteiger partial charge on any atom is -0.497 e. The summed E-state index contributed by atoms with van der Waals surface area (Å²) in [4.78, 5) is 17.7. The second-order valence-corrected chi connectivity index (χ2v) is 5.19. The van der Waals surface area contributed by atoms with Gasteiger partial charge >= 0.3 is 0 Å². The van der Waals surface area contributed by atoms with Gasteiger partial charge in [-0.2, -0.15) is 0 Å². The maximum absolute atomic E-state index is 12.0. The molecule has 1 aliphatic rings. The first-order chi connectivity index (χ1) is 11.2. The number of carbonyl (C=O) groups is 1. The molecule has 2 heterocycles. The largest absolute Gasteiger partial charge is 0.497 e. The molecule has 1 fully saturated rings. The van der Waals surface area contributed by atoms with Crippen LogP contribution in [0.1, 0.15) is 0 Å². The zero-order valence-corrected chi connectivity index (χ0v) is 12.8. The van der Waals surface area contributed by atoms with Crippen LogP contribution in [0.25, 0.3) is 0 Å². The molecule has 1 amide bonds. The Kier molecular flexibility index (Phi) is 4.61. The van der Waals surface area contributed by atoms with Crippen LogP contribution in [0.3, 0.4) is 0 Å². The van der Waals surface area contributed by atoms with Crippen LogP contribution in [0, 0.1) is 0 Å². The lowest BCUT2D eigenvalue weighted by atomic mass is 10.1. The molecule has 2 aromatic rings. The van der Waals surface area contributed by atoms with Gasteiger partial charge < -0.3 is 19.1 Å². The van der Waals surface area contributed by atoms with Crippen LogP contribution >= 0.6 is 0 Å². The van der Waals surface area contributed by atoms with Gasteiger partial charge in [0, 0.05) is 6.20 Å². The lowest BCUT2D eigenvalue weighted by Gasteiger charge is -2.38. The summed E-state index contributed by atoms with van der Waals surface area (Å²) in [5.74, 6) is 2.07. The van der Waals surface area contributed by atoms with E-state index in [1.54, 1.807) is 48.7 Å². The third-order valence-electron chi connectivity index (χ3n) is 3.56. The fourth-order valence-electron chi connectivity index (χ4n) is 2.23. The molecular weight excluding hydrogens is 296 g/mol. The molecule has 6 heteroatoms. The number of carbonyl (C=O) groups excluding carboxylic acids is 1. The number of hydrogen-bond acceptors (Lipinski definition) is 5. The molecule has 3 rings (SSSR count). The summed E-state index contributed by atoms with van der Waals surface area (Å²) in [6.45, 7) is 1.16.